The van der Waals surface area contributed by atoms with Gasteiger partial charge in [0.2, 0.25) is 11.8 Å². The minimum Gasteiger partial charge on any atom is -0.353 e. The summed E-state index contributed by atoms with van der Waals surface area (Å²) in [5.41, 5.74) is 2.01. The summed E-state index contributed by atoms with van der Waals surface area (Å²) in [4.78, 5) is 16.5. The molecule has 8 nitrogen and oxygen atoms in total. The Balaban J connectivity index is 1.25. The third-order valence-electron chi connectivity index (χ3n) is 4.56. The topological polar surface area (TPSA) is 90.3 Å². The number of carbonyl (C=O) groups is 1. The Bertz CT molecular complexity index is 712. The lowest BCUT2D eigenvalue weighted by Gasteiger charge is -2.34. The van der Waals surface area contributed by atoms with E-state index < -0.39 is 0 Å². The molecule has 1 aliphatic carbocycles. The van der Waals surface area contributed by atoms with Crippen molar-refractivity contribution in [2.45, 2.75) is 25.7 Å². The molecule has 24 heavy (non-hydrogen) atoms. The van der Waals surface area contributed by atoms with Crippen molar-refractivity contribution < 1.29 is 9.32 Å². The van der Waals surface area contributed by atoms with Crippen molar-refractivity contribution in [2.24, 2.45) is 0 Å². The van der Waals surface area contributed by atoms with Crippen LogP contribution in [0.5, 0.6) is 0 Å². The molecule has 4 rings (SSSR count). The molecule has 128 valence electrons. The normalized spacial score (nSPS) is 18.8. The molecule has 2 aromatic heterocycles. The SMILES string of the molecule is Cc1cc(NC(=O)CN2CCN(c3cc(C4CC4)[nH]n3)CC2)on1. The van der Waals surface area contributed by atoms with Crippen LogP contribution >= 0.6 is 0 Å². The van der Waals surface area contributed by atoms with Gasteiger partial charge in [0.15, 0.2) is 5.82 Å². The van der Waals surface area contributed by atoms with E-state index in [0.717, 1.165) is 37.7 Å². The first-order valence-corrected chi connectivity index (χ1v) is 8.43. The zero-order chi connectivity index (χ0) is 16.5. The van der Waals surface area contributed by atoms with E-state index in [0.29, 0.717) is 18.3 Å². The van der Waals surface area contributed by atoms with Gasteiger partial charge < -0.3 is 9.42 Å². The number of nitrogens with zero attached hydrogens (tertiary/aromatic N) is 4. The molecule has 2 fully saturated rings. The van der Waals surface area contributed by atoms with Gasteiger partial charge in [-0.1, -0.05) is 5.16 Å². The summed E-state index contributed by atoms with van der Waals surface area (Å²) in [7, 11) is 0. The Labute approximate surface area is 140 Å². The van der Waals surface area contributed by atoms with Gasteiger partial charge in [-0.3, -0.25) is 20.1 Å². The highest BCUT2D eigenvalue weighted by atomic mass is 16.5. The summed E-state index contributed by atoms with van der Waals surface area (Å²) in [6.07, 6.45) is 2.55. The summed E-state index contributed by atoms with van der Waals surface area (Å²) >= 11 is 0. The van der Waals surface area contributed by atoms with Crippen LogP contribution in [0.3, 0.4) is 0 Å². The van der Waals surface area contributed by atoms with Crippen molar-refractivity contribution >= 4 is 17.6 Å². The molecule has 8 heteroatoms. The number of aromatic nitrogens is 3. The van der Waals surface area contributed by atoms with Crippen molar-refractivity contribution in [3.8, 4) is 0 Å². The molecule has 0 spiro atoms. The second kappa shape index (κ2) is 6.27. The predicted molar refractivity (Wildman–Crippen MR) is 89.1 cm³/mol. The second-order valence-corrected chi connectivity index (χ2v) is 6.60. The number of piperazine rings is 1. The first-order valence-electron chi connectivity index (χ1n) is 8.43. The third kappa shape index (κ3) is 3.43. The van der Waals surface area contributed by atoms with Gasteiger partial charge in [-0.05, 0) is 19.8 Å². The van der Waals surface area contributed by atoms with Crippen LogP contribution in [0.4, 0.5) is 11.7 Å². The fraction of sp³-hybridized carbons (Fsp3) is 0.562. The number of hydrogen-bond acceptors (Lipinski definition) is 6. The molecule has 0 bridgehead atoms. The average molecular weight is 330 g/mol. The van der Waals surface area contributed by atoms with E-state index in [9.17, 15) is 4.79 Å². The highest BCUT2D eigenvalue weighted by Crippen LogP contribution is 2.39. The summed E-state index contributed by atoms with van der Waals surface area (Å²) in [6, 6.07) is 3.89. The van der Waals surface area contributed by atoms with Gasteiger partial charge in [-0.2, -0.15) is 5.10 Å². The highest BCUT2D eigenvalue weighted by molar-refractivity contribution is 5.90. The van der Waals surface area contributed by atoms with Crippen LogP contribution in [0.1, 0.15) is 30.1 Å². The van der Waals surface area contributed by atoms with E-state index >= 15 is 0 Å². The summed E-state index contributed by atoms with van der Waals surface area (Å²) < 4.78 is 5.01. The van der Waals surface area contributed by atoms with Crippen molar-refractivity contribution in [3.05, 3.63) is 23.5 Å². The molecule has 1 saturated heterocycles. The minimum atomic E-state index is -0.0737. The van der Waals surface area contributed by atoms with Crippen LogP contribution in [-0.4, -0.2) is 58.9 Å². The third-order valence-corrected chi connectivity index (χ3v) is 4.56. The summed E-state index contributed by atoms with van der Waals surface area (Å²) in [5, 5.41) is 14.1. The van der Waals surface area contributed by atoms with Gasteiger partial charge in [0, 0.05) is 49.9 Å². The van der Waals surface area contributed by atoms with Gasteiger partial charge >= 0.3 is 0 Å². The fourth-order valence-corrected chi connectivity index (χ4v) is 3.03. The lowest BCUT2D eigenvalue weighted by atomic mass is 10.2. The molecule has 0 unspecified atom stereocenters. The fourth-order valence-electron chi connectivity index (χ4n) is 3.03. The Morgan fingerprint density at radius 1 is 1.33 bits per heavy atom. The van der Waals surface area contributed by atoms with Crippen LogP contribution in [0.2, 0.25) is 0 Å². The number of aryl methyl sites for hydroxylation is 1. The maximum Gasteiger partial charge on any atom is 0.240 e. The number of anilines is 2. The van der Waals surface area contributed by atoms with Crippen molar-refractivity contribution in [3.63, 3.8) is 0 Å². The maximum atomic E-state index is 12.1. The zero-order valence-corrected chi connectivity index (χ0v) is 13.8. The molecule has 2 aromatic rings. The van der Waals surface area contributed by atoms with Crippen LogP contribution in [0.25, 0.3) is 0 Å². The maximum absolute atomic E-state index is 12.1. The van der Waals surface area contributed by atoms with Gasteiger partial charge in [-0.25, -0.2) is 0 Å². The first kappa shape index (κ1) is 15.2. The molecule has 0 atom stereocenters. The number of H-pyrrole nitrogens is 1. The molecule has 2 aliphatic rings. The van der Waals surface area contributed by atoms with E-state index in [4.69, 9.17) is 4.52 Å². The van der Waals surface area contributed by atoms with E-state index in [-0.39, 0.29) is 5.91 Å². The highest BCUT2D eigenvalue weighted by Gasteiger charge is 2.27. The molecular formula is C16H22N6O2. The van der Waals surface area contributed by atoms with Crippen LogP contribution in [0.15, 0.2) is 16.7 Å². The molecule has 2 N–H and O–H groups in total. The Morgan fingerprint density at radius 3 is 2.79 bits per heavy atom. The minimum absolute atomic E-state index is 0.0737. The van der Waals surface area contributed by atoms with E-state index in [1.807, 2.05) is 6.92 Å². The van der Waals surface area contributed by atoms with Crippen molar-refractivity contribution in [1.82, 2.24) is 20.3 Å². The number of aromatic amines is 1. The first-order chi connectivity index (χ1) is 11.7. The molecular weight excluding hydrogens is 308 g/mol. The van der Waals surface area contributed by atoms with Crippen LogP contribution in [0, 0.1) is 6.92 Å². The van der Waals surface area contributed by atoms with Crippen molar-refractivity contribution in [1.29, 1.82) is 0 Å². The van der Waals surface area contributed by atoms with E-state index in [2.05, 4.69) is 36.5 Å². The number of rotatable bonds is 5. The Kier molecular flexibility index (Phi) is 3.97. The predicted octanol–water partition coefficient (Wildman–Crippen LogP) is 1.34. The number of amides is 1. The van der Waals surface area contributed by atoms with Gasteiger partial charge in [0.05, 0.1) is 12.2 Å². The molecule has 1 aliphatic heterocycles. The Morgan fingerprint density at radius 2 is 2.12 bits per heavy atom. The lowest BCUT2D eigenvalue weighted by Crippen LogP contribution is -2.48. The zero-order valence-electron chi connectivity index (χ0n) is 13.8. The average Bonchev–Trinajstić information content (AvgIpc) is 3.16. The number of hydrogen-bond donors (Lipinski definition) is 2. The second-order valence-electron chi connectivity index (χ2n) is 6.60. The largest absolute Gasteiger partial charge is 0.353 e. The standard InChI is InChI=1S/C16H22N6O2/c1-11-8-16(24-20-11)17-15(23)10-21-4-6-22(7-5-21)14-9-13(18-19-14)12-2-3-12/h8-9,12H,2-7,10H2,1H3,(H,17,23)(H,18,19). The number of carbonyl (C=O) groups excluding carboxylic acids is 1. The monoisotopic (exact) mass is 330 g/mol. The number of nitrogens with one attached hydrogen (secondary N) is 2. The smallest absolute Gasteiger partial charge is 0.240 e. The summed E-state index contributed by atoms with van der Waals surface area (Å²) in [6.45, 7) is 5.62. The molecule has 0 radical (unpaired) electrons. The van der Waals surface area contributed by atoms with Gasteiger partial charge in [0.25, 0.3) is 0 Å². The van der Waals surface area contributed by atoms with E-state index in [1.165, 1.54) is 18.5 Å². The van der Waals surface area contributed by atoms with E-state index in [1.54, 1.807) is 6.07 Å². The van der Waals surface area contributed by atoms with Gasteiger partial charge in [0.1, 0.15) is 0 Å². The van der Waals surface area contributed by atoms with Crippen LogP contribution in [-0.2, 0) is 4.79 Å². The van der Waals surface area contributed by atoms with Crippen molar-refractivity contribution in [2.75, 3.05) is 42.9 Å². The quantitative estimate of drug-likeness (QED) is 0.860. The molecule has 3 heterocycles. The van der Waals surface area contributed by atoms with Crippen LogP contribution < -0.4 is 10.2 Å². The van der Waals surface area contributed by atoms with Gasteiger partial charge in [-0.15, -0.1) is 0 Å². The molecule has 1 saturated carbocycles. The molecule has 0 aromatic carbocycles. The molecule has 1 amide bonds. The summed E-state index contributed by atoms with van der Waals surface area (Å²) in [5.74, 6) is 2.05. The Hall–Kier alpha value is -2.35. The lowest BCUT2D eigenvalue weighted by molar-refractivity contribution is -0.117.